The van der Waals surface area contributed by atoms with Gasteiger partial charge >= 0.3 is 6.18 Å². The second-order valence-electron chi connectivity index (χ2n) is 5.39. The standard InChI is InChI=1S/C14H15F3N2O/c1-13(2,3)19-9-10(8-18-19)20-12-7-5-4-6-11(12)14(15,16)17/h4-9H,1-3H3. The molecule has 0 spiro atoms. The van der Waals surface area contributed by atoms with E-state index in [0.29, 0.717) is 0 Å². The fourth-order valence-electron chi connectivity index (χ4n) is 1.64. The van der Waals surface area contributed by atoms with Crippen molar-refractivity contribution in [3.63, 3.8) is 0 Å². The van der Waals surface area contributed by atoms with Crippen LogP contribution < -0.4 is 4.74 Å². The summed E-state index contributed by atoms with van der Waals surface area (Å²) in [6, 6.07) is 5.10. The number of nitrogens with zero attached hydrogens (tertiary/aromatic N) is 2. The van der Waals surface area contributed by atoms with Gasteiger partial charge in [-0.15, -0.1) is 0 Å². The Morgan fingerprint density at radius 1 is 1.10 bits per heavy atom. The van der Waals surface area contributed by atoms with Crippen LogP contribution in [0.5, 0.6) is 11.5 Å². The first-order valence-corrected chi connectivity index (χ1v) is 6.07. The molecule has 0 saturated heterocycles. The molecule has 2 rings (SSSR count). The van der Waals surface area contributed by atoms with E-state index in [9.17, 15) is 13.2 Å². The average molecular weight is 284 g/mol. The minimum Gasteiger partial charge on any atom is -0.453 e. The Kier molecular flexibility index (Phi) is 3.50. The van der Waals surface area contributed by atoms with E-state index in [1.165, 1.54) is 24.4 Å². The molecule has 1 heterocycles. The maximum atomic E-state index is 12.8. The number of aromatic nitrogens is 2. The van der Waals surface area contributed by atoms with Crippen LogP contribution in [0.15, 0.2) is 36.7 Å². The quantitative estimate of drug-likeness (QED) is 0.814. The third-order valence-corrected chi connectivity index (χ3v) is 2.67. The maximum Gasteiger partial charge on any atom is 0.419 e. The van der Waals surface area contributed by atoms with Gasteiger partial charge in [0.25, 0.3) is 0 Å². The molecule has 20 heavy (non-hydrogen) atoms. The van der Waals surface area contributed by atoms with Crippen LogP contribution in [0, 0.1) is 0 Å². The Bertz CT molecular complexity index is 597. The molecule has 6 heteroatoms. The van der Waals surface area contributed by atoms with Crippen molar-refractivity contribution in [3.05, 3.63) is 42.2 Å². The first-order chi connectivity index (χ1) is 9.18. The van der Waals surface area contributed by atoms with E-state index >= 15 is 0 Å². The molecule has 0 amide bonds. The van der Waals surface area contributed by atoms with Gasteiger partial charge in [0, 0.05) is 0 Å². The summed E-state index contributed by atoms with van der Waals surface area (Å²) in [5.74, 6) is 0.0464. The fraction of sp³-hybridized carbons (Fsp3) is 0.357. The zero-order valence-electron chi connectivity index (χ0n) is 11.4. The second kappa shape index (κ2) is 4.85. The highest BCUT2D eigenvalue weighted by atomic mass is 19.4. The number of hydrogen-bond donors (Lipinski definition) is 0. The predicted octanol–water partition coefficient (Wildman–Crippen LogP) is 4.45. The van der Waals surface area contributed by atoms with Crippen LogP contribution in [0.1, 0.15) is 26.3 Å². The Hall–Kier alpha value is -1.98. The van der Waals surface area contributed by atoms with Crippen molar-refractivity contribution >= 4 is 0 Å². The van der Waals surface area contributed by atoms with Crippen molar-refractivity contribution in [2.75, 3.05) is 0 Å². The molecule has 1 aromatic heterocycles. The summed E-state index contributed by atoms with van der Waals surface area (Å²) in [6.07, 6.45) is -1.47. The highest BCUT2D eigenvalue weighted by Gasteiger charge is 2.34. The number of hydrogen-bond acceptors (Lipinski definition) is 2. The molecule has 0 N–H and O–H groups in total. The first-order valence-electron chi connectivity index (χ1n) is 6.07. The minimum atomic E-state index is -4.45. The van der Waals surface area contributed by atoms with E-state index in [1.54, 1.807) is 10.9 Å². The van der Waals surface area contributed by atoms with Gasteiger partial charge in [0.2, 0.25) is 0 Å². The molecule has 0 aliphatic carbocycles. The first kappa shape index (κ1) is 14.4. The topological polar surface area (TPSA) is 27.1 Å². The lowest BCUT2D eigenvalue weighted by Crippen LogP contribution is -2.21. The fourth-order valence-corrected chi connectivity index (χ4v) is 1.64. The maximum absolute atomic E-state index is 12.8. The molecule has 0 fully saturated rings. The van der Waals surface area contributed by atoms with Gasteiger partial charge in [-0.3, -0.25) is 4.68 Å². The van der Waals surface area contributed by atoms with E-state index in [-0.39, 0.29) is 17.0 Å². The van der Waals surface area contributed by atoms with Crippen LogP contribution >= 0.6 is 0 Å². The Balaban J connectivity index is 2.29. The molecule has 3 nitrogen and oxygen atoms in total. The summed E-state index contributed by atoms with van der Waals surface area (Å²) in [6.45, 7) is 5.81. The SMILES string of the molecule is CC(C)(C)n1cc(Oc2ccccc2C(F)(F)F)cn1. The van der Waals surface area contributed by atoms with Gasteiger partial charge in [-0.2, -0.15) is 18.3 Å². The number of para-hydroxylation sites is 1. The molecule has 0 saturated carbocycles. The van der Waals surface area contributed by atoms with Crippen LogP contribution in [0.3, 0.4) is 0 Å². The van der Waals surface area contributed by atoms with Crippen molar-refractivity contribution in [3.8, 4) is 11.5 Å². The van der Waals surface area contributed by atoms with Gasteiger partial charge < -0.3 is 4.74 Å². The smallest absolute Gasteiger partial charge is 0.419 e. The number of ether oxygens (including phenoxy) is 1. The van der Waals surface area contributed by atoms with Crippen molar-refractivity contribution in [1.82, 2.24) is 9.78 Å². The number of benzene rings is 1. The van der Waals surface area contributed by atoms with Gasteiger partial charge in [-0.05, 0) is 32.9 Å². The lowest BCUT2D eigenvalue weighted by atomic mass is 10.1. The number of alkyl halides is 3. The van der Waals surface area contributed by atoms with Crippen LogP contribution in [-0.2, 0) is 11.7 Å². The van der Waals surface area contributed by atoms with Crippen LogP contribution in [-0.4, -0.2) is 9.78 Å². The van der Waals surface area contributed by atoms with Gasteiger partial charge in [-0.25, -0.2) is 0 Å². The number of rotatable bonds is 2. The monoisotopic (exact) mass is 284 g/mol. The number of halogens is 3. The van der Waals surface area contributed by atoms with Crippen molar-refractivity contribution in [2.24, 2.45) is 0 Å². The van der Waals surface area contributed by atoms with Crippen molar-refractivity contribution in [2.45, 2.75) is 32.5 Å². The van der Waals surface area contributed by atoms with E-state index in [4.69, 9.17) is 4.74 Å². The molecule has 0 atom stereocenters. The minimum absolute atomic E-state index is 0.228. The Morgan fingerprint density at radius 2 is 1.75 bits per heavy atom. The summed E-state index contributed by atoms with van der Waals surface area (Å²) in [5, 5.41) is 4.09. The molecule has 108 valence electrons. The summed E-state index contributed by atoms with van der Waals surface area (Å²) >= 11 is 0. The largest absolute Gasteiger partial charge is 0.453 e. The van der Waals surface area contributed by atoms with Gasteiger partial charge in [0.05, 0.1) is 23.5 Å². The lowest BCUT2D eigenvalue weighted by molar-refractivity contribution is -0.138. The summed E-state index contributed by atoms with van der Waals surface area (Å²) < 4.78 is 45.5. The lowest BCUT2D eigenvalue weighted by Gasteiger charge is -2.18. The van der Waals surface area contributed by atoms with Crippen LogP contribution in [0.2, 0.25) is 0 Å². The van der Waals surface area contributed by atoms with Gasteiger partial charge in [-0.1, -0.05) is 12.1 Å². The van der Waals surface area contributed by atoms with Crippen molar-refractivity contribution in [1.29, 1.82) is 0 Å². The Labute approximate surface area is 115 Å². The summed E-state index contributed by atoms with van der Waals surface area (Å²) in [7, 11) is 0. The molecule has 0 bridgehead atoms. The van der Waals surface area contributed by atoms with Crippen LogP contribution in [0.25, 0.3) is 0 Å². The average Bonchev–Trinajstić information content (AvgIpc) is 2.76. The van der Waals surface area contributed by atoms with E-state index in [1.807, 2.05) is 20.8 Å². The van der Waals surface area contributed by atoms with Crippen molar-refractivity contribution < 1.29 is 17.9 Å². The Morgan fingerprint density at radius 3 is 2.30 bits per heavy atom. The van der Waals surface area contributed by atoms with E-state index < -0.39 is 11.7 Å². The summed E-state index contributed by atoms with van der Waals surface area (Å²) in [5.41, 5.74) is -1.06. The van der Waals surface area contributed by atoms with Gasteiger partial charge in [0.1, 0.15) is 5.75 Å². The molecule has 2 aromatic rings. The normalized spacial score (nSPS) is 12.5. The summed E-state index contributed by atoms with van der Waals surface area (Å²) in [4.78, 5) is 0. The highest BCUT2D eigenvalue weighted by Crippen LogP contribution is 2.37. The molecular weight excluding hydrogens is 269 g/mol. The third kappa shape index (κ3) is 3.12. The zero-order valence-corrected chi connectivity index (χ0v) is 11.4. The van der Waals surface area contributed by atoms with Gasteiger partial charge in [0.15, 0.2) is 5.75 Å². The second-order valence-corrected chi connectivity index (χ2v) is 5.39. The van der Waals surface area contributed by atoms with E-state index in [2.05, 4.69) is 5.10 Å². The molecule has 0 radical (unpaired) electrons. The highest BCUT2D eigenvalue weighted by molar-refractivity contribution is 5.38. The zero-order chi connectivity index (χ0) is 15.0. The molecule has 0 unspecified atom stereocenters. The predicted molar refractivity (Wildman–Crippen MR) is 68.7 cm³/mol. The molecular formula is C14H15F3N2O. The third-order valence-electron chi connectivity index (χ3n) is 2.67. The van der Waals surface area contributed by atoms with Crippen LogP contribution in [0.4, 0.5) is 13.2 Å². The molecule has 1 aromatic carbocycles. The molecule has 0 aliphatic rings. The van der Waals surface area contributed by atoms with E-state index in [0.717, 1.165) is 6.07 Å². The molecule has 0 aliphatic heterocycles.